The second-order valence-corrected chi connectivity index (χ2v) is 5.63. The highest BCUT2D eigenvalue weighted by Crippen LogP contribution is 2.19. The number of halogens is 1. The van der Waals surface area contributed by atoms with E-state index in [1.165, 1.54) is 0 Å². The van der Waals surface area contributed by atoms with E-state index in [4.69, 9.17) is 4.74 Å². The van der Waals surface area contributed by atoms with Gasteiger partial charge in [0.15, 0.2) is 5.82 Å². The Morgan fingerprint density at radius 1 is 1.35 bits per heavy atom. The van der Waals surface area contributed by atoms with Gasteiger partial charge in [0.25, 0.3) is 5.56 Å². The van der Waals surface area contributed by atoms with Crippen LogP contribution in [0.3, 0.4) is 0 Å². The minimum absolute atomic E-state index is 0.199. The predicted octanol–water partition coefficient (Wildman–Crippen LogP) is 2.80. The van der Waals surface area contributed by atoms with Crippen LogP contribution in [0, 0.1) is 5.92 Å². The molecule has 0 aliphatic heterocycles. The second-order valence-electron chi connectivity index (χ2n) is 4.84. The van der Waals surface area contributed by atoms with E-state index >= 15 is 0 Å². The minimum Gasteiger partial charge on any atom is -0.481 e. The lowest BCUT2D eigenvalue weighted by Gasteiger charge is -2.09. The monoisotopic (exact) mass is 337 g/mol. The van der Waals surface area contributed by atoms with Crippen LogP contribution in [0.4, 0.5) is 0 Å². The molecular weight excluding hydrogens is 322 g/mol. The minimum atomic E-state index is -0.199. The van der Waals surface area contributed by atoms with Gasteiger partial charge in [-0.1, -0.05) is 19.9 Å². The largest absolute Gasteiger partial charge is 0.481 e. The summed E-state index contributed by atoms with van der Waals surface area (Å²) in [6.07, 6.45) is 0.724. The molecule has 2 rings (SSSR count). The van der Waals surface area contributed by atoms with Crippen LogP contribution in [0.25, 0.3) is 11.5 Å². The average molecular weight is 338 g/mol. The molecule has 2 aromatic heterocycles. The zero-order valence-corrected chi connectivity index (χ0v) is 13.2. The van der Waals surface area contributed by atoms with Crippen molar-refractivity contribution in [3.05, 3.63) is 38.7 Å². The molecule has 20 heavy (non-hydrogen) atoms. The van der Waals surface area contributed by atoms with Crippen molar-refractivity contribution in [1.82, 2.24) is 15.0 Å². The standard InChI is InChI=1S/C14H16BrN3O2/c1-8(2)7-10-12(15)14(19)18-13(17-10)9-5-4-6-11(16-9)20-3/h4-6,8H,7H2,1-3H3,(H,17,18,19). The Bertz CT molecular complexity index is 668. The van der Waals surface area contributed by atoms with Gasteiger partial charge in [0, 0.05) is 6.07 Å². The molecule has 0 saturated carbocycles. The zero-order valence-electron chi connectivity index (χ0n) is 11.6. The summed E-state index contributed by atoms with van der Waals surface area (Å²) in [4.78, 5) is 23.5. The molecule has 0 spiro atoms. The topological polar surface area (TPSA) is 67.9 Å². The highest BCUT2D eigenvalue weighted by molar-refractivity contribution is 9.10. The van der Waals surface area contributed by atoms with Gasteiger partial charge in [-0.15, -0.1) is 0 Å². The summed E-state index contributed by atoms with van der Waals surface area (Å²) in [5.74, 6) is 1.35. The molecule has 0 amide bonds. The lowest BCUT2D eigenvalue weighted by molar-refractivity contribution is 0.398. The van der Waals surface area contributed by atoms with Gasteiger partial charge >= 0.3 is 0 Å². The van der Waals surface area contributed by atoms with Gasteiger partial charge in [-0.3, -0.25) is 4.79 Å². The molecule has 0 aliphatic carbocycles. The number of aromatic amines is 1. The molecule has 0 aromatic carbocycles. The van der Waals surface area contributed by atoms with E-state index in [9.17, 15) is 4.79 Å². The quantitative estimate of drug-likeness (QED) is 0.931. The van der Waals surface area contributed by atoms with E-state index in [1.807, 2.05) is 6.07 Å². The number of nitrogens with zero attached hydrogens (tertiary/aromatic N) is 2. The summed E-state index contributed by atoms with van der Waals surface area (Å²) in [7, 11) is 1.55. The van der Waals surface area contributed by atoms with Crippen molar-refractivity contribution in [3.63, 3.8) is 0 Å². The second kappa shape index (κ2) is 6.17. The molecule has 0 bridgehead atoms. The summed E-state index contributed by atoms with van der Waals surface area (Å²) in [6.45, 7) is 4.16. The van der Waals surface area contributed by atoms with Crippen molar-refractivity contribution in [3.8, 4) is 17.4 Å². The summed E-state index contributed by atoms with van der Waals surface area (Å²) >= 11 is 3.29. The highest BCUT2D eigenvalue weighted by atomic mass is 79.9. The summed E-state index contributed by atoms with van der Waals surface area (Å²) < 4.78 is 5.57. The van der Waals surface area contributed by atoms with Crippen molar-refractivity contribution in [1.29, 1.82) is 0 Å². The molecule has 0 aliphatic rings. The van der Waals surface area contributed by atoms with Gasteiger partial charge < -0.3 is 9.72 Å². The molecule has 5 nitrogen and oxygen atoms in total. The van der Waals surface area contributed by atoms with Crippen molar-refractivity contribution in [2.24, 2.45) is 5.92 Å². The fourth-order valence-corrected chi connectivity index (χ4v) is 2.16. The number of aromatic nitrogens is 3. The van der Waals surface area contributed by atoms with Gasteiger partial charge in [-0.05, 0) is 34.3 Å². The third kappa shape index (κ3) is 3.25. The predicted molar refractivity (Wildman–Crippen MR) is 80.9 cm³/mol. The number of hydrogen-bond acceptors (Lipinski definition) is 4. The van der Waals surface area contributed by atoms with Gasteiger partial charge in [0.2, 0.25) is 5.88 Å². The lowest BCUT2D eigenvalue weighted by Crippen LogP contribution is -2.15. The Morgan fingerprint density at radius 2 is 2.10 bits per heavy atom. The van der Waals surface area contributed by atoms with Gasteiger partial charge in [-0.25, -0.2) is 9.97 Å². The Balaban J connectivity index is 2.51. The van der Waals surface area contributed by atoms with E-state index in [0.717, 1.165) is 12.1 Å². The Labute approximate surface area is 125 Å². The Kier molecular flexibility index (Phi) is 4.54. The molecule has 0 saturated heterocycles. The van der Waals surface area contributed by atoms with Crippen molar-refractivity contribution >= 4 is 15.9 Å². The maximum Gasteiger partial charge on any atom is 0.265 e. The summed E-state index contributed by atoms with van der Waals surface area (Å²) in [5.41, 5.74) is 1.12. The number of hydrogen-bond donors (Lipinski definition) is 1. The first-order valence-corrected chi connectivity index (χ1v) is 7.10. The molecule has 2 heterocycles. The van der Waals surface area contributed by atoms with Crippen molar-refractivity contribution < 1.29 is 4.74 Å². The number of pyridine rings is 1. The SMILES string of the molecule is COc1cccc(-c2nc(CC(C)C)c(Br)c(=O)[nH]2)n1. The smallest absolute Gasteiger partial charge is 0.265 e. The molecule has 2 aromatic rings. The van der Waals surface area contributed by atoms with E-state index < -0.39 is 0 Å². The molecule has 0 fully saturated rings. The van der Waals surface area contributed by atoms with Crippen LogP contribution in [0.5, 0.6) is 5.88 Å². The third-order valence-corrected chi connectivity index (χ3v) is 3.53. The van der Waals surface area contributed by atoms with Crippen molar-refractivity contribution in [2.45, 2.75) is 20.3 Å². The normalized spacial score (nSPS) is 10.8. The third-order valence-electron chi connectivity index (χ3n) is 2.71. The number of rotatable bonds is 4. The van der Waals surface area contributed by atoms with Gasteiger partial charge in [0.05, 0.1) is 12.8 Å². The van der Waals surface area contributed by atoms with Crippen LogP contribution in [0.15, 0.2) is 27.5 Å². The number of nitrogens with one attached hydrogen (secondary N) is 1. The van der Waals surface area contributed by atoms with Crippen LogP contribution in [0.1, 0.15) is 19.5 Å². The van der Waals surface area contributed by atoms with Crippen LogP contribution >= 0.6 is 15.9 Å². The maximum absolute atomic E-state index is 12.0. The molecule has 0 unspecified atom stereocenters. The van der Waals surface area contributed by atoms with E-state index in [0.29, 0.717) is 27.8 Å². The number of H-pyrrole nitrogens is 1. The van der Waals surface area contributed by atoms with Gasteiger partial charge in [-0.2, -0.15) is 0 Å². The zero-order chi connectivity index (χ0) is 14.7. The molecule has 1 N–H and O–H groups in total. The molecule has 106 valence electrons. The summed E-state index contributed by atoms with van der Waals surface area (Å²) in [6, 6.07) is 5.34. The summed E-state index contributed by atoms with van der Waals surface area (Å²) in [5, 5.41) is 0. The van der Waals surface area contributed by atoms with Crippen LogP contribution in [-0.4, -0.2) is 22.1 Å². The Hall–Kier alpha value is -1.69. The first-order chi connectivity index (χ1) is 9.51. The Morgan fingerprint density at radius 3 is 2.75 bits per heavy atom. The first-order valence-electron chi connectivity index (χ1n) is 6.31. The fraction of sp³-hybridized carbons (Fsp3) is 0.357. The first kappa shape index (κ1) is 14.7. The molecule has 0 atom stereocenters. The molecular formula is C14H16BrN3O2. The van der Waals surface area contributed by atoms with Gasteiger partial charge in [0.1, 0.15) is 10.2 Å². The average Bonchev–Trinajstić information content (AvgIpc) is 2.43. The van der Waals surface area contributed by atoms with Crippen LogP contribution in [0.2, 0.25) is 0 Å². The van der Waals surface area contributed by atoms with Crippen LogP contribution in [-0.2, 0) is 6.42 Å². The van der Waals surface area contributed by atoms with Crippen LogP contribution < -0.4 is 10.3 Å². The molecule has 0 radical (unpaired) electrons. The maximum atomic E-state index is 12.0. The lowest BCUT2D eigenvalue weighted by atomic mass is 10.1. The van der Waals surface area contributed by atoms with E-state index in [1.54, 1.807) is 19.2 Å². The van der Waals surface area contributed by atoms with Crippen molar-refractivity contribution in [2.75, 3.05) is 7.11 Å². The molecule has 6 heteroatoms. The van der Waals surface area contributed by atoms with E-state index in [-0.39, 0.29) is 5.56 Å². The van der Waals surface area contributed by atoms with E-state index in [2.05, 4.69) is 44.7 Å². The fourth-order valence-electron chi connectivity index (χ4n) is 1.81. The number of methoxy groups -OCH3 is 1. The highest BCUT2D eigenvalue weighted by Gasteiger charge is 2.12. The number of ether oxygens (including phenoxy) is 1.